The zero-order valence-electron chi connectivity index (χ0n) is 29.2. The van der Waals surface area contributed by atoms with E-state index < -0.39 is 44.0 Å². The number of aryl methyl sites for hydroxylation is 1. The van der Waals surface area contributed by atoms with Crippen molar-refractivity contribution in [1.29, 1.82) is 0 Å². The number of hydrogen-bond donors (Lipinski definition) is 1. The largest absolute Gasteiger partial charge is 0.349 e. The lowest BCUT2D eigenvalue weighted by Crippen LogP contribution is -2.45. The van der Waals surface area contributed by atoms with Crippen molar-refractivity contribution in [1.82, 2.24) is 25.0 Å². The van der Waals surface area contributed by atoms with E-state index in [9.17, 15) is 16.3 Å². The molecule has 2 aromatic rings. The van der Waals surface area contributed by atoms with Crippen molar-refractivity contribution < 1.29 is 24.5 Å². The lowest BCUT2D eigenvalue weighted by Gasteiger charge is -2.40. The number of amides is 1. The maximum Gasteiger partial charge on any atom is 0.248 e. The zero-order valence-corrected chi connectivity index (χ0v) is 21.2. The molecule has 1 aromatic heterocycles. The molecule has 6 nitrogen and oxygen atoms in total. The predicted molar refractivity (Wildman–Crippen MR) is 139 cm³/mol. The summed E-state index contributed by atoms with van der Waals surface area (Å²) in [4.78, 5) is 15.1. The third-order valence-corrected chi connectivity index (χ3v) is 8.31. The average Bonchev–Trinajstić information content (AvgIpc) is 3.43. The lowest BCUT2D eigenvalue weighted by atomic mass is 9.86. The van der Waals surface area contributed by atoms with E-state index in [4.69, 9.17) is 8.22 Å². The highest BCUT2D eigenvalue weighted by molar-refractivity contribution is 5.79. The maximum atomic E-state index is 13.7. The molecule has 37 heavy (non-hydrogen) atoms. The first-order valence-electron chi connectivity index (χ1n) is 17.3. The van der Waals surface area contributed by atoms with Crippen LogP contribution in [0.2, 0.25) is 0 Å². The monoisotopic (exact) mass is 521 g/mol. The van der Waals surface area contributed by atoms with Crippen molar-refractivity contribution in [2.75, 3.05) is 6.50 Å². The summed E-state index contributed by atoms with van der Waals surface area (Å²) >= 11 is 0. The summed E-state index contributed by atoms with van der Waals surface area (Å²) < 4.78 is 95.3. The molecule has 1 saturated carbocycles. The molecule has 1 aliphatic carbocycles. The molecule has 202 valence electrons. The van der Waals surface area contributed by atoms with Crippen LogP contribution in [0.5, 0.6) is 0 Å². The second-order valence-corrected chi connectivity index (χ2v) is 10.8. The molecule has 1 amide bonds. The molecule has 3 unspecified atom stereocenters. The Morgan fingerprint density at radius 3 is 2.43 bits per heavy atom. The summed E-state index contributed by atoms with van der Waals surface area (Å²) in [5, 5.41) is 11.1. The smallest absolute Gasteiger partial charge is 0.248 e. The van der Waals surface area contributed by atoms with Crippen molar-refractivity contribution in [3.8, 4) is 0 Å². The Hall–Kier alpha value is -2.35. The molecule has 8 heteroatoms. The Morgan fingerprint density at radius 2 is 1.78 bits per heavy atom. The summed E-state index contributed by atoms with van der Waals surface area (Å²) in [5.41, 5.74) is 0.725. The number of hydrogen-bond acceptors (Lipinski definition) is 4. The average molecular weight is 522 g/mol. The van der Waals surface area contributed by atoms with E-state index in [1.807, 2.05) is 35.2 Å². The molecule has 3 atom stereocenters. The summed E-state index contributed by atoms with van der Waals surface area (Å²) in [7, 11) is 0. The number of piperidine rings is 1. The molecular weight excluding hydrogens is 472 g/mol. The summed E-state index contributed by atoms with van der Waals surface area (Å²) in [6.07, 6.45) is 1.75. The van der Waals surface area contributed by atoms with E-state index in [0.29, 0.717) is 31.5 Å². The second kappa shape index (κ2) is 10.8. The zero-order chi connectivity index (χ0) is 32.9. The summed E-state index contributed by atoms with van der Waals surface area (Å²) in [6, 6.07) is 7.67. The van der Waals surface area contributed by atoms with Gasteiger partial charge in [0.25, 0.3) is 0 Å². The van der Waals surface area contributed by atoms with Crippen LogP contribution in [0.1, 0.15) is 118 Å². The molecule has 2 bridgehead atoms. The number of carbonyl (C=O) groups excluding carboxylic acids is 1. The topological polar surface area (TPSA) is 63.1 Å². The van der Waals surface area contributed by atoms with Crippen LogP contribution in [-0.4, -0.2) is 50.1 Å². The Kier molecular flexibility index (Phi) is 5.26. The molecule has 2 aliphatic heterocycles. The van der Waals surface area contributed by atoms with E-state index in [-0.39, 0.29) is 62.0 Å². The summed E-state index contributed by atoms with van der Waals surface area (Å²) in [5.74, 6) is -5.14. The van der Waals surface area contributed by atoms with Gasteiger partial charge >= 0.3 is 0 Å². The fraction of sp³-hybridized carbons (Fsp3) is 0.690. The van der Waals surface area contributed by atoms with Crippen LogP contribution < -0.4 is 5.32 Å². The van der Waals surface area contributed by atoms with Crippen LogP contribution >= 0.6 is 0 Å². The Bertz CT molecular complexity index is 1310. The number of benzene rings is 1. The van der Waals surface area contributed by atoms with E-state index in [1.54, 1.807) is 11.5 Å². The van der Waals surface area contributed by atoms with Crippen molar-refractivity contribution in [3.05, 3.63) is 47.5 Å². The van der Waals surface area contributed by atoms with Gasteiger partial charge < -0.3 is 9.88 Å². The minimum Gasteiger partial charge on any atom is -0.349 e. The molecule has 5 rings (SSSR count). The van der Waals surface area contributed by atoms with E-state index in [2.05, 4.69) is 15.5 Å². The lowest BCUT2D eigenvalue weighted by molar-refractivity contribution is -0.130. The first-order chi connectivity index (χ1) is 20.9. The van der Waals surface area contributed by atoms with Crippen molar-refractivity contribution in [2.45, 2.75) is 114 Å². The van der Waals surface area contributed by atoms with E-state index in [0.717, 1.165) is 5.56 Å². The fourth-order valence-electron chi connectivity index (χ4n) is 6.38. The first kappa shape index (κ1) is 18.0. The second-order valence-electron chi connectivity index (χ2n) is 10.8. The van der Waals surface area contributed by atoms with Crippen LogP contribution in [0.4, 0.5) is 8.78 Å². The van der Waals surface area contributed by atoms with Gasteiger partial charge in [-0.2, -0.15) is 0 Å². The van der Waals surface area contributed by atoms with E-state index >= 15 is 0 Å². The predicted octanol–water partition coefficient (Wildman–Crippen LogP) is 5.95. The number of halogens is 2. The highest BCUT2D eigenvalue weighted by Gasteiger charge is 2.42. The summed E-state index contributed by atoms with van der Waals surface area (Å²) in [6.45, 7) is -5.83. The number of fused-ring (bicyclic) bond motifs is 2. The van der Waals surface area contributed by atoms with Gasteiger partial charge in [-0.1, -0.05) is 44.0 Å². The van der Waals surface area contributed by atoms with Gasteiger partial charge in [0, 0.05) is 60.3 Å². The van der Waals surface area contributed by atoms with Gasteiger partial charge in [-0.3, -0.25) is 9.69 Å². The number of aromatic nitrogens is 3. The number of rotatable bonds is 8. The Morgan fingerprint density at radius 1 is 1.11 bits per heavy atom. The van der Waals surface area contributed by atoms with Crippen LogP contribution in [0, 0.1) is 12.8 Å². The van der Waals surface area contributed by atoms with Crippen LogP contribution in [0.25, 0.3) is 0 Å². The normalized spacial score (nSPS) is 31.2. The molecule has 0 radical (unpaired) electrons. The van der Waals surface area contributed by atoms with Gasteiger partial charge in [-0.25, -0.2) is 8.78 Å². The van der Waals surface area contributed by atoms with Gasteiger partial charge in [0.15, 0.2) is 0 Å². The third kappa shape index (κ3) is 5.74. The molecule has 1 aromatic carbocycles. The molecule has 3 aliphatic rings. The van der Waals surface area contributed by atoms with Gasteiger partial charge in [0.1, 0.15) is 11.6 Å². The van der Waals surface area contributed by atoms with Crippen LogP contribution in [-0.2, 0) is 4.79 Å². The number of nitrogens with one attached hydrogen (secondary N) is 1. The minimum absolute atomic E-state index is 0.0552. The minimum atomic E-state index is -2.82. The SMILES string of the molecule is [2H]C([2H])([2H])C(c1nnc(C)n1C1CC2CCC(C1)N2C([2H])([2H])CC(NC(=O)C1CCC(F)(F)CC1)c1ccccc1)C([2H])([2H])[2H]. The Balaban J connectivity index is 1.35. The van der Waals surface area contributed by atoms with Gasteiger partial charge in [0.2, 0.25) is 11.8 Å². The molecule has 1 N–H and O–H groups in total. The molecular formula is C29H41F2N5O. The van der Waals surface area contributed by atoms with Crippen molar-refractivity contribution >= 4 is 5.91 Å². The van der Waals surface area contributed by atoms with Gasteiger partial charge in [-0.15, -0.1) is 10.2 Å². The fourth-order valence-corrected chi connectivity index (χ4v) is 6.38. The molecule has 0 spiro atoms. The molecule has 2 saturated heterocycles. The maximum absolute atomic E-state index is 13.7. The van der Waals surface area contributed by atoms with E-state index in [1.165, 1.54) is 0 Å². The number of carbonyl (C=O) groups is 1. The third-order valence-electron chi connectivity index (χ3n) is 8.31. The molecule has 3 heterocycles. The Labute approximate surface area is 230 Å². The number of alkyl halides is 2. The van der Waals surface area contributed by atoms with Crippen LogP contribution in [0.3, 0.4) is 0 Å². The standard InChI is InChI=1S/C29H41F2N5O/c1-19(2)27-34-33-20(3)36(27)25-17-23-9-10-24(18-25)35(23)16-13-26(21-7-5-4-6-8-21)32-28(37)22-11-14-29(30,31)15-12-22/h4-8,19,22-26H,9-18H2,1-3H3,(H,32,37)/i1D3,2D3,16D2. The van der Waals surface area contributed by atoms with Crippen LogP contribution in [0.15, 0.2) is 30.3 Å². The number of nitrogens with zero attached hydrogens (tertiary/aromatic N) is 4. The quantitative estimate of drug-likeness (QED) is 0.466. The van der Waals surface area contributed by atoms with Crippen molar-refractivity contribution in [3.63, 3.8) is 0 Å². The van der Waals surface area contributed by atoms with Crippen molar-refractivity contribution in [2.24, 2.45) is 5.92 Å². The van der Waals surface area contributed by atoms with Gasteiger partial charge in [0.05, 0.1) is 6.04 Å². The highest BCUT2D eigenvalue weighted by Crippen LogP contribution is 2.42. The highest BCUT2D eigenvalue weighted by atomic mass is 19.3. The first-order valence-corrected chi connectivity index (χ1v) is 13.3. The molecule has 3 fully saturated rings. The van der Waals surface area contributed by atoms with Gasteiger partial charge in [-0.05, 0) is 57.4 Å².